The number of halogens is 3. The Morgan fingerprint density at radius 1 is 1.54 bits per heavy atom. The highest BCUT2D eigenvalue weighted by molar-refractivity contribution is 14.1. The molecule has 0 bridgehead atoms. The summed E-state index contributed by atoms with van der Waals surface area (Å²) in [5.41, 5.74) is 0.608. The van der Waals surface area contributed by atoms with Crippen LogP contribution in [-0.4, -0.2) is 11.2 Å². The highest BCUT2D eigenvalue weighted by atomic mass is 127. The summed E-state index contributed by atoms with van der Waals surface area (Å²) < 4.78 is 0.863. The Balaban J connectivity index is 3.04. The summed E-state index contributed by atoms with van der Waals surface area (Å²) in [6.45, 7) is 1.66. The Labute approximate surface area is 101 Å². The van der Waals surface area contributed by atoms with Gasteiger partial charge in [0.1, 0.15) is 0 Å². The second kappa shape index (κ2) is 4.62. The lowest BCUT2D eigenvalue weighted by Crippen LogP contribution is -2.10. The number of carbonyl (C=O) groups excluding carboxylic acids is 1. The largest absolute Gasteiger partial charge is 0.293 e. The van der Waals surface area contributed by atoms with Crippen molar-refractivity contribution in [2.45, 2.75) is 12.3 Å². The third-order valence-corrected chi connectivity index (χ3v) is 3.30. The minimum Gasteiger partial charge on any atom is -0.293 e. The van der Waals surface area contributed by atoms with Crippen LogP contribution in [0.2, 0.25) is 5.02 Å². The summed E-state index contributed by atoms with van der Waals surface area (Å²) in [5.74, 6) is -0.0729. The molecule has 0 aliphatic heterocycles. The van der Waals surface area contributed by atoms with Gasteiger partial charge in [0.05, 0.1) is 10.4 Å². The Kier molecular flexibility index (Phi) is 4.01. The first-order valence-electron chi connectivity index (χ1n) is 3.65. The van der Waals surface area contributed by atoms with Crippen molar-refractivity contribution in [3.8, 4) is 0 Å². The van der Waals surface area contributed by atoms with E-state index in [0.717, 1.165) is 3.57 Å². The van der Waals surface area contributed by atoms with E-state index in [-0.39, 0.29) is 5.78 Å². The Morgan fingerprint density at radius 3 is 2.62 bits per heavy atom. The van der Waals surface area contributed by atoms with Crippen molar-refractivity contribution in [2.75, 3.05) is 0 Å². The van der Waals surface area contributed by atoms with Crippen LogP contribution < -0.4 is 0 Å². The van der Waals surface area contributed by atoms with E-state index in [0.29, 0.717) is 10.6 Å². The molecule has 0 amide bonds. The molecule has 0 aliphatic carbocycles. The van der Waals surface area contributed by atoms with E-state index in [1.54, 1.807) is 25.1 Å². The summed E-state index contributed by atoms with van der Waals surface area (Å²) >= 11 is 13.6. The molecule has 1 nitrogen and oxygen atoms in total. The molecule has 1 aromatic rings. The first-order valence-corrected chi connectivity index (χ1v) is 5.55. The molecular formula is C9H7Cl2IO. The van der Waals surface area contributed by atoms with Crippen LogP contribution in [-0.2, 0) is 0 Å². The van der Waals surface area contributed by atoms with E-state index in [2.05, 4.69) is 22.6 Å². The predicted octanol–water partition coefficient (Wildman–Crippen LogP) is 3.75. The molecule has 0 N–H and O–H groups in total. The molecule has 13 heavy (non-hydrogen) atoms. The zero-order chi connectivity index (χ0) is 10.0. The number of Topliss-reactive ketones (excluding diaryl/α,β-unsaturated/α-hetero) is 1. The molecule has 1 atom stereocenters. The van der Waals surface area contributed by atoms with E-state index >= 15 is 0 Å². The number of rotatable bonds is 2. The molecule has 0 heterocycles. The first kappa shape index (κ1) is 11.3. The minimum absolute atomic E-state index is 0.0729. The molecule has 1 unspecified atom stereocenters. The molecule has 0 radical (unpaired) electrons. The molecular weight excluding hydrogens is 322 g/mol. The van der Waals surface area contributed by atoms with Crippen LogP contribution in [0.4, 0.5) is 0 Å². The number of alkyl halides is 1. The van der Waals surface area contributed by atoms with E-state index in [1.165, 1.54) is 0 Å². The van der Waals surface area contributed by atoms with Crippen molar-refractivity contribution in [3.05, 3.63) is 32.4 Å². The predicted molar refractivity (Wildman–Crippen MR) is 63.8 cm³/mol. The number of hydrogen-bond acceptors (Lipinski definition) is 1. The molecule has 70 valence electrons. The van der Waals surface area contributed by atoms with Gasteiger partial charge in [-0.15, -0.1) is 11.6 Å². The topological polar surface area (TPSA) is 17.1 Å². The van der Waals surface area contributed by atoms with Crippen molar-refractivity contribution in [2.24, 2.45) is 0 Å². The van der Waals surface area contributed by atoms with Crippen molar-refractivity contribution in [1.29, 1.82) is 0 Å². The standard InChI is InChI=1S/C9H7Cl2IO/c1-5(10)9(13)6-2-3-7(11)8(12)4-6/h2-5H,1H3. The van der Waals surface area contributed by atoms with Gasteiger partial charge < -0.3 is 0 Å². The summed E-state index contributed by atoms with van der Waals surface area (Å²) in [6.07, 6.45) is 0. The molecule has 0 aromatic heterocycles. The lowest BCUT2D eigenvalue weighted by atomic mass is 10.1. The summed E-state index contributed by atoms with van der Waals surface area (Å²) in [6, 6.07) is 5.13. The zero-order valence-corrected chi connectivity index (χ0v) is 10.5. The quantitative estimate of drug-likeness (QED) is 0.459. The Hall–Kier alpha value is 0.200. The highest BCUT2D eigenvalue weighted by Crippen LogP contribution is 2.20. The number of hydrogen-bond donors (Lipinski definition) is 0. The van der Waals surface area contributed by atoms with Gasteiger partial charge in [-0.3, -0.25) is 4.79 Å². The van der Waals surface area contributed by atoms with Gasteiger partial charge in [0.15, 0.2) is 5.78 Å². The van der Waals surface area contributed by atoms with Crippen LogP contribution in [0.1, 0.15) is 17.3 Å². The molecule has 0 spiro atoms. The van der Waals surface area contributed by atoms with E-state index in [4.69, 9.17) is 23.2 Å². The van der Waals surface area contributed by atoms with Crippen LogP contribution in [0.25, 0.3) is 0 Å². The van der Waals surface area contributed by atoms with Gasteiger partial charge in [0, 0.05) is 9.13 Å². The average molecular weight is 329 g/mol. The first-order chi connectivity index (χ1) is 6.02. The molecule has 0 aliphatic rings. The lowest BCUT2D eigenvalue weighted by Gasteiger charge is -2.03. The second-order valence-corrected chi connectivity index (χ2v) is 4.83. The maximum Gasteiger partial charge on any atom is 0.180 e. The fourth-order valence-electron chi connectivity index (χ4n) is 0.879. The van der Waals surface area contributed by atoms with Gasteiger partial charge in [0.2, 0.25) is 0 Å². The molecule has 4 heteroatoms. The molecule has 0 fully saturated rings. The average Bonchev–Trinajstić information content (AvgIpc) is 2.08. The van der Waals surface area contributed by atoms with Gasteiger partial charge >= 0.3 is 0 Å². The van der Waals surface area contributed by atoms with Crippen molar-refractivity contribution >= 4 is 51.6 Å². The van der Waals surface area contributed by atoms with Gasteiger partial charge in [-0.25, -0.2) is 0 Å². The van der Waals surface area contributed by atoms with Gasteiger partial charge in [-0.1, -0.05) is 11.6 Å². The molecule has 1 aromatic carbocycles. The normalized spacial score (nSPS) is 12.6. The Bertz CT molecular complexity index is 336. The molecule has 1 rings (SSSR count). The minimum atomic E-state index is -0.489. The van der Waals surface area contributed by atoms with Crippen molar-refractivity contribution < 1.29 is 4.79 Å². The van der Waals surface area contributed by atoms with E-state index < -0.39 is 5.38 Å². The van der Waals surface area contributed by atoms with Gasteiger partial charge in [0.25, 0.3) is 0 Å². The monoisotopic (exact) mass is 328 g/mol. The maximum absolute atomic E-state index is 11.4. The number of benzene rings is 1. The third kappa shape index (κ3) is 2.82. The van der Waals surface area contributed by atoms with E-state index in [9.17, 15) is 4.79 Å². The van der Waals surface area contributed by atoms with Crippen molar-refractivity contribution in [3.63, 3.8) is 0 Å². The van der Waals surface area contributed by atoms with E-state index in [1.807, 2.05) is 0 Å². The zero-order valence-electron chi connectivity index (χ0n) is 6.85. The third-order valence-electron chi connectivity index (χ3n) is 1.57. The van der Waals surface area contributed by atoms with Crippen molar-refractivity contribution in [1.82, 2.24) is 0 Å². The highest BCUT2D eigenvalue weighted by Gasteiger charge is 2.12. The van der Waals surface area contributed by atoms with Crippen LogP contribution >= 0.6 is 45.8 Å². The summed E-state index contributed by atoms with van der Waals surface area (Å²) in [4.78, 5) is 11.4. The Morgan fingerprint density at radius 2 is 2.15 bits per heavy atom. The summed E-state index contributed by atoms with van der Waals surface area (Å²) in [7, 11) is 0. The van der Waals surface area contributed by atoms with Gasteiger partial charge in [-0.05, 0) is 47.7 Å². The molecule has 0 saturated carbocycles. The lowest BCUT2D eigenvalue weighted by molar-refractivity contribution is 0.0991. The smallest absolute Gasteiger partial charge is 0.180 e. The second-order valence-electron chi connectivity index (χ2n) is 2.61. The van der Waals surface area contributed by atoms with Crippen LogP contribution in [0.3, 0.4) is 0 Å². The van der Waals surface area contributed by atoms with Crippen LogP contribution in [0.15, 0.2) is 18.2 Å². The number of ketones is 1. The van der Waals surface area contributed by atoms with Gasteiger partial charge in [-0.2, -0.15) is 0 Å². The number of carbonyl (C=O) groups is 1. The molecule has 0 saturated heterocycles. The van der Waals surface area contributed by atoms with Crippen LogP contribution in [0.5, 0.6) is 0 Å². The maximum atomic E-state index is 11.4. The van der Waals surface area contributed by atoms with Crippen LogP contribution in [0, 0.1) is 3.57 Å². The fraction of sp³-hybridized carbons (Fsp3) is 0.222. The SMILES string of the molecule is CC(Cl)C(=O)c1ccc(Cl)c(I)c1. The fourth-order valence-corrected chi connectivity index (χ4v) is 1.64. The summed E-state index contributed by atoms with van der Waals surface area (Å²) in [5, 5.41) is 0.163.